The zero-order valence-electron chi connectivity index (χ0n) is 14.2. The Bertz CT molecular complexity index is 353. The molecule has 3 heteroatoms. The molecule has 2 atom stereocenters. The SMILES string of the molecule is CC(C)(C)C1CCCCC1NC(=O)CC1(N)CCCCC1. The highest BCUT2D eigenvalue weighted by Crippen LogP contribution is 2.38. The van der Waals surface area contributed by atoms with Crippen LogP contribution < -0.4 is 11.1 Å². The fourth-order valence-corrected chi connectivity index (χ4v) is 4.35. The van der Waals surface area contributed by atoms with Gasteiger partial charge >= 0.3 is 0 Å². The standard InChI is InChI=1S/C18H34N2O/c1-17(2,3)14-9-5-6-10-15(14)20-16(21)13-18(19)11-7-4-8-12-18/h14-15H,4-13,19H2,1-3H3,(H,20,21). The summed E-state index contributed by atoms with van der Waals surface area (Å²) in [5, 5.41) is 3.33. The lowest BCUT2D eigenvalue weighted by molar-refractivity contribution is -0.124. The molecule has 0 radical (unpaired) electrons. The maximum Gasteiger partial charge on any atom is 0.222 e. The molecule has 2 unspecified atom stereocenters. The third-order valence-electron chi connectivity index (χ3n) is 5.59. The van der Waals surface area contributed by atoms with E-state index in [2.05, 4.69) is 26.1 Å². The largest absolute Gasteiger partial charge is 0.353 e. The first-order valence-electron chi connectivity index (χ1n) is 8.88. The molecular weight excluding hydrogens is 260 g/mol. The molecule has 0 aromatic rings. The Kier molecular flexibility index (Phi) is 5.34. The van der Waals surface area contributed by atoms with Gasteiger partial charge in [0.05, 0.1) is 0 Å². The van der Waals surface area contributed by atoms with E-state index in [0.717, 1.165) is 19.3 Å². The molecule has 2 aliphatic rings. The van der Waals surface area contributed by atoms with Gasteiger partial charge < -0.3 is 11.1 Å². The molecule has 0 saturated heterocycles. The topological polar surface area (TPSA) is 55.1 Å². The molecule has 0 bridgehead atoms. The summed E-state index contributed by atoms with van der Waals surface area (Å²) in [5.41, 5.74) is 6.45. The van der Waals surface area contributed by atoms with E-state index in [4.69, 9.17) is 5.73 Å². The van der Waals surface area contributed by atoms with Crippen LogP contribution in [0.2, 0.25) is 0 Å². The molecule has 0 spiro atoms. The highest BCUT2D eigenvalue weighted by atomic mass is 16.1. The van der Waals surface area contributed by atoms with Gasteiger partial charge in [-0.25, -0.2) is 0 Å². The van der Waals surface area contributed by atoms with Crippen LogP contribution in [-0.4, -0.2) is 17.5 Å². The first-order valence-corrected chi connectivity index (χ1v) is 8.88. The summed E-state index contributed by atoms with van der Waals surface area (Å²) >= 11 is 0. The molecule has 0 heterocycles. The van der Waals surface area contributed by atoms with Crippen molar-refractivity contribution in [3.05, 3.63) is 0 Å². The van der Waals surface area contributed by atoms with Crippen LogP contribution in [0.25, 0.3) is 0 Å². The monoisotopic (exact) mass is 294 g/mol. The number of hydrogen-bond acceptors (Lipinski definition) is 2. The van der Waals surface area contributed by atoms with Gasteiger partial charge in [0.25, 0.3) is 0 Å². The van der Waals surface area contributed by atoms with Crippen LogP contribution in [0, 0.1) is 11.3 Å². The summed E-state index contributed by atoms with van der Waals surface area (Å²) in [6.07, 6.45) is 11.1. The maximum atomic E-state index is 12.5. The van der Waals surface area contributed by atoms with E-state index >= 15 is 0 Å². The van der Waals surface area contributed by atoms with Crippen LogP contribution in [0.5, 0.6) is 0 Å². The molecule has 3 nitrogen and oxygen atoms in total. The number of carbonyl (C=O) groups excluding carboxylic acids is 1. The van der Waals surface area contributed by atoms with E-state index < -0.39 is 0 Å². The molecule has 2 fully saturated rings. The minimum absolute atomic E-state index is 0.181. The summed E-state index contributed by atoms with van der Waals surface area (Å²) < 4.78 is 0. The van der Waals surface area contributed by atoms with Crippen molar-refractivity contribution >= 4 is 5.91 Å². The molecule has 21 heavy (non-hydrogen) atoms. The van der Waals surface area contributed by atoms with Gasteiger partial charge in [-0.3, -0.25) is 4.79 Å². The van der Waals surface area contributed by atoms with Crippen molar-refractivity contribution in [2.24, 2.45) is 17.1 Å². The van der Waals surface area contributed by atoms with Gasteiger partial charge in [-0.15, -0.1) is 0 Å². The van der Waals surface area contributed by atoms with Gasteiger partial charge in [0.15, 0.2) is 0 Å². The van der Waals surface area contributed by atoms with Gasteiger partial charge in [-0.1, -0.05) is 52.9 Å². The van der Waals surface area contributed by atoms with Crippen molar-refractivity contribution in [2.75, 3.05) is 0 Å². The third-order valence-corrected chi connectivity index (χ3v) is 5.59. The molecular formula is C18H34N2O. The zero-order valence-corrected chi connectivity index (χ0v) is 14.2. The molecule has 122 valence electrons. The Labute approximate surface area is 130 Å². The normalized spacial score (nSPS) is 29.9. The zero-order chi connectivity index (χ0) is 15.5. The molecule has 0 aromatic carbocycles. The fraction of sp³-hybridized carbons (Fsp3) is 0.944. The van der Waals surface area contributed by atoms with E-state index in [9.17, 15) is 4.79 Å². The van der Waals surface area contributed by atoms with Gasteiger partial charge in [0.1, 0.15) is 0 Å². The number of nitrogens with two attached hydrogens (primary N) is 1. The first kappa shape index (κ1) is 16.8. The van der Waals surface area contributed by atoms with Crippen molar-refractivity contribution in [3.8, 4) is 0 Å². The Hall–Kier alpha value is -0.570. The van der Waals surface area contributed by atoms with Gasteiger partial charge in [-0.2, -0.15) is 0 Å². The predicted octanol–water partition coefficient (Wildman–Crippen LogP) is 3.76. The minimum Gasteiger partial charge on any atom is -0.353 e. The lowest BCUT2D eigenvalue weighted by Gasteiger charge is -2.41. The smallest absolute Gasteiger partial charge is 0.222 e. The molecule has 2 aliphatic carbocycles. The number of rotatable bonds is 3. The number of amides is 1. The molecule has 2 rings (SSSR count). The molecule has 0 aliphatic heterocycles. The Morgan fingerprint density at radius 2 is 1.71 bits per heavy atom. The quantitative estimate of drug-likeness (QED) is 0.832. The average molecular weight is 294 g/mol. The Morgan fingerprint density at radius 3 is 2.33 bits per heavy atom. The maximum absolute atomic E-state index is 12.5. The number of hydrogen-bond donors (Lipinski definition) is 2. The highest BCUT2D eigenvalue weighted by molar-refractivity contribution is 5.77. The van der Waals surface area contributed by atoms with Crippen LogP contribution in [0.3, 0.4) is 0 Å². The Morgan fingerprint density at radius 1 is 1.10 bits per heavy atom. The molecule has 2 saturated carbocycles. The summed E-state index contributed by atoms with van der Waals surface area (Å²) in [6, 6.07) is 0.346. The number of nitrogens with one attached hydrogen (secondary N) is 1. The van der Waals surface area contributed by atoms with Gasteiger partial charge in [-0.05, 0) is 37.0 Å². The second-order valence-electron chi connectivity index (χ2n) is 8.53. The second kappa shape index (κ2) is 6.68. The van der Waals surface area contributed by atoms with Crippen molar-refractivity contribution in [1.82, 2.24) is 5.32 Å². The number of carbonyl (C=O) groups is 1. The van der Waals surface area contributed by atoms with Crippen molar-refractivity contribution in [1.29, 1.82) is 0 Å². The van der Waals surface area contributed by atoms with E-state index in [1.54, 1.807) is 0 Å². The fourth-order valence-electron chi connectivity index (χ4n) is 4.35. The summed E-state index contributed by atoms with van der Waals surface area (Å²) in [5.74, 6) is 0.774. The second-order valence-corrected chi connectivity index (χ2v) is 8.53. The van der Waals surface area contributed by atoms with E-state index in [0.29, 0.717) is 18.4 Å². The van der Waals surface area contributed by atoms with Crippen LogP contribution in [-0.2, 0) is 4.79 Å². The van der Waals surface area contributed by atoms with Crippen LogP contribution in [0.4, 0.5) is 0 Å². The average Bonchev–Trinajstić information content (AvgIpc) is 2.38. The van der Waals surface area contributed by atoms with Crippen LogP contribution in [0.1, 0.15) is 85.0 Å². The lowest BCUT2D eigenvalue weighted by Crippen LogP contribution is -2.51. The summed E-state index contributed by atoms with van der Waals surface area (Å²) in [6.45, 7) is 6.90. The minimum atomic E-state index is -0.242. The van der Waals surface area contributed by atoms with Crippen molar-refractivity contribution in [2.45, 2.75) is 96.6 Å². The molecule has 0 aromatic heterocycles. The third kappa shape index (κ3) is 4.70. The Balaban J connectivity index is 1.91. The van der Waals surface area contributed by atoms with Gasteiger partial charge in [0.2, 0.25) is 5.91 Å². The lowest BCUT2D eigenvalue weighted by atomic mass is 9.69. The summed E-state index contributed by atoms with van der Waals surface area (Å²) in [7, 11) is 0. The van der Waals surface area contributed by atoms with Crippen LogP contribution >= 0.6 is 0 Å². The van der Waals surface area contributed by atoms with E-state index in [1.807, 2.05) is 0 Å². The molecule has 1 amide bonds. The predicted molar refractivity (Wildman–Crippen MR) is 88.0 cm³/mol. The highest BCUT2D eigenvalue weighted by Gasteiger charge is 2.36. The van der Waals surface area contributed by atoms with Gasteiger partial charge in [0, 0.05) is 18.0 Å². The summed E-state index contributed by atoms with van der Waals surface area (Å²) in [4.78, 5) is 12.5. The van der Waals surface area contributed by atoms with Crippen molar-refractivity contribution in [3.63, 3.8) is 0 Å². The van der Waals surface area contributed by atoms with E-state index in [1.165, 1.54) is 38.5 Å². The van der Waals surface area contributed by atoms with Crippen molar-refractivity contribution < 1.29 is 4.79 Å². The molecule has 3 N–H and O–H groups in total. The van der Waals surface area contributed by atoms with Crippen LogP contribution in [0.15, 0.2) is 0 Å². The van der Waals surface area contributed by atoms with E-state index in [-0.39, 0.29) is 16.9 Å². The first-order chi connectivity index (χ1) is 9.80.